The molecule has 0 bridgehead atoms. The molecule has 0 aliphatic heterocycles. The number of phenols is 1. The summed E-state index contributed by atoms with van der Waals surface area (Å²) >= 11 is 0. The second-order valence-corrected chi connectivity index (χ2v) is 11.5. The van der Waals surface area contributed by atoms with Crippen LogP contribution < -0.4 is 10.6 Å². The lowest BCUT2D eigenvalue weighted by Crippen LogP contribution is -2.53. The van der Waals surface area contributed by atoms with Crippen LogP contribution in [-0.2, 0) is 14.3 Å². The van der Waals surface area contributed by atoms with Crippen LogP contribution in [0.15, 0.2) is 18.2 Å². The minimum absolute atomic E-state index is 0.00462. The highest BCUT2D eigenvalue weighted by atomic mass is 16.6. The maximum atomic E-state index is 14.2. The number of nitrogens with one attached hydrogen (secondary N) is 2. The van der Waals surface area contributed by atoms with Crippen LogP contribution in [-0.4, -0.2) is 52.6 Å². The molecule has 1 aromatic carbocycles. The van der Waals surface area contributed by atoms with Gasteiger partial charge in [0.1, 0.15) is 23.4 Å². The van der Waals surface area contributed by atoms with Crippen LogP contribution in [0.4, 0.5) is 4.79 Å². The van der Waals surface area contributed by atoms with Crippen molar-refractivity contribution in [3.63, 3.8) is 0 Å². The second-order valence-electron chi connectivity index (χ2n) is 11.5. The number of ether oxygens (including phenoxy) is 1. The van der Waals surface area contributed by atoms with E-state index in [0.29, 0.717) is 37.1 Å². The normalized spacial score (nSPS) is 13.1. The lowest BCUT2D eigenvalue weighted by Gasteiger charge is -2.35. The molecular formula is C30H51N3O5. The SMILES string of the molecule is CCCCCNC(=O)C(c1cccc(C)c1O)N(CCCCC)C(=O)C(CC(C)C)NC(=O)OC(C)(C)C. The number of aromatic hydroxyl groups is 1. The topological polar surface area (TPSA) is 108 Å². The third-order valence-corrected chi connectivity index (χ3v) is 6.18. The Balaban J connectivity index is 3.51. The van der Waals surface area contributed by atoms with Gasteiger partial charge in [0.2, 0.25) is 11.8 Å². The number of hydrogen-bond acceptors (Lipinski definition) is 5. The van der Waals surface area contributed by atoms with Gasteiger partial charge in [-0.25, -0.2) is 4.79 Å². The first-order valence-electron chi connectivity index (χ1n) is 14.2. The molecule has 0 aliphatic rings. The smallest absolute Gasteiger partial charge is 0.408 e. The number of carbonyl (C=O) groups is 3. The minimum atomic E-state index is -1.03. The van der Waals surface area contributed by atoms with E-state index in [-0.39, 0.29) is 23.5 Å². The number of aryl methyl sites for hydroxylation is 1. The fourth-order valence-electron chi connectivity index (χ4n) is 4.28. The van der Waals surface area contributed by atoms with Crippen molar-refractivity contribution >= 4 is 17.9 Å². The van der Waals surface area contributed by atoms with E-state index in [0.717, 1.165) is 32.1 Å². The maximum absolute atomic E-state index is 14.2. The number of nitrogens with zero attached hydrogens (tertiary/aromatic N) is 1. The highest BCUT2D eigenvalue weighted by molar-refractivity contribution is 5.92. The molecule has 2 atom stereocenters. The summed E-state index contributed by atoms with van der Waals surface area (Å²) in [6, 6.07) is 3.33. The van der Waals surface area contributed by atoms with Gasteiger partial charge in [0.05, 0.1) is 0 Å². The number of rotatable bonds is 15. The van der Waals surface area contributed by atoms with Gasteiger partial charge in [0, 0.05) is 18.7 Å². The van der Waals surface area contributed by atoms with E-state index in [1.54, 1.807) is 45.9 Å². The molecule has 0 spiro atoms. The van der Waals surface area contributed by atoms with E-state index < -0.39 is 23.8 Å². The molecular weight excluding hydrogens is 482 g/mol. The van der Waals surface area contributed by atoms with Crippen LogP contribution in [0.3, 0.4) is 0 Å². The highest BCUT2D eigenvalue weighted by Crippen LogP contribution is 2.33. The number of carbonyl (C=O) groups excluding carboxylic acids is 3. The number of alkyl carbamates (subject to hydrolysis) is 1. The number of phenolic OH excluding ortho intramolecular Hbond substituents is 1. The van der Waals surface area contributed by atoms with Gasteiger partial charge in [0.15, 0.2) is 0 Å². The van der Waals surface area contributed by atoms with E-state index in [4.69, 9.17) is 4.74 Å². The van der Waals surface area contributed by atoms with Gasteiger partial charge in [-0.1, -0.05) is 71.6 Å². The standard InChI is InChI=1S/C30H51N3O5/c1-9-11-13-18-31-27(35)25(23-17-15-16-22(5)26(23)34)33(19-14-12-10-2)28(36)24(20-21(3)4)32-29(37)38-30(6,7)8/h15-17,21,24-25,34H,9-14,18-20H2,1-8H3,(H,31,35)(H,32,37). The molecule has 0 aromatic heterocycles. The maximum Gasteiger partial charge on any atom is 0.408 e. The van der Waals surface area contributed by atoms with Crippen molar-refractivity contribution in [2.45, 2.75) is 118 Å². The molecule has 0 heterocycles. The molecule has 38 heavy (non-hydrogen) atoms. The summed E-state index contributed by atoms with van der Waals surface area (Å²) in [4.78, 5) is 42.1. The number of unbranched alkanes of at least 4 members (excludes halogenated alkanes) is 4. The Morgan fingerprint density at radius 2 is 1.66 bits per heavy atom. The highest BCUT2D eigenvalue weighted by Gasteiger charge is 2.37. The van der Waals surface area contributed by atoms with Crippen LogP contribution in [0.5, 0.6) is 5.75 Å². The molecule has 1 aromatic rings. The first-order valence-corrected chi connectivity index (χ1v) is 14.2. The van der Waals surface area contributed by atoms with E-state index in [2.05, 4.69) is 24.5 Å². The van der Waals surface area contributed by atoms with Crippen molar-refractivity contribution in [2.24, 2.45) is 5.92 Å². The van der Waals surface area contributed by atoms with Crippen molar-refractivity contribution in [2.75, 3.05) is 13.1 Å². The molecule has 0 aliphatic carbocycles. The molecule has 0 saturated heterocycles. The Kier molecular flexibility index (Phi) is 14.2. The minimum Gasteiger partial charge on any atom is -0.507 e. The molecule has 8 nitrogen and oxygen atoms in total. The van der Waals surface area contributed by atoms with Crippen molar-refractivity contribution in [1.82, 2.24) is 15.5 Å². The average molecular weight is 534 g/mol. The summed E-state index contributed by atoms with van der Waals surface area (Å²) in [5, 5.41) is 16.7. The summed E-state index contributed by atoms with van der Waals surface area (Å²) in [6.07, 6.45) is 5.05. The number of hydrogen-bond donors (Lipinski definition) is 3. The predicted octanol–water partition coefficient (Wildman–Crippen LogP) is 6.01. The van der Waals surface area contributed by atoms with Crippen LogP contribution in [0.1, 0.15) is 111 Å². The first-order chi connectivity index (χ1) is 17.8. The molecule has 0 radical (unpaired) electrons. The zero-order valence-electron chi connectivity index (χ0n) is 24.9. The molecule has 216 valence electrons. The van der Waals surface area contributed by atoms with Gasteiger partial charge in [-0.15, -0.1) is 0 Å². The molecule has 3 amide bonds. The van der Waals surface area contributed by atoms with Gasteiger partial charge in [-0.3, -0.25) is 9.59 Å². The zero-order chi connectivity index (χ0) is 28.9. The summed E-state index contributed by atoms with van der Waals surface area (Å²) in [7, 11) is 0. The van der Waals surface area contributed by atoms with Gasteiger partial charge in [-0.05, 0) is 58.4 Å². The number of para-hydroxylation sites is 1. The fraction of sp³-hybridized carbons (Fsp3) is 0.700. The van der Waals surface area contributed by atoms with Gasteiger partial charge in [0.25, 0.3) is 0 Å². The quantitative estimate of drug-likeness (QED) is 0.239. The van der Waals surface area contributed by atoms with Crippen molar-refractivity contribution in [3.8, 4) is 5.75 Å². The first kappa shape index (κ1) is 33.3. The van der Waals surface area contributed by atoms with Gasteiger partial charge < -0.3 is 25.4 Å². The monoisotopic (exact) mass is 533 g/mol. The Morgan fingerprint density at radius 3 is 2.24 bits per heavy atom. The summed E-state index contributed by atoms with van der Waals surface area (Å²) in [6.45, 7) is 16.0. The summed E-state index contributed by atoms with van der Waals surface area (Å²) < 4.78 is 5.44. The van der Waals surface area contributed by atoms with E-state index in [9.17, 15) is 19.5 Å². The van der Waals surface area contributed by atoms with Crippen LogP contribution in [0.25, 0.3) is 0 Å². The molecule has 0 fully saturated rings. The Morgan fingerprint density at radius 1 is 1.03 bits per heavy atom. The van der Waals surface area contributed by atoms with Gasteiger partial charge in [-0.2, -0.15) is 0 Å². The fourth-order valence-corrected chi connectivity index (χ4v) is 4.28. The van der Waals surface area contributed by atoms with E-state index in [1.165, 1.54) is 4.90 Å². The third-order valence-electron chi connectivity index (χ3n) is 6.18. The predicted molar refractivity (Wildman–Crippen MR) is 152 cm³/mol. The van der Waals surface area contributed by atoms with Crippen LogP contribution in [0.2, 0.25) is 0 Å². The van der Waals surface area contributed by atoms with E-state index in [1.807, 2.05) is 13.8 Å². The number of benzene rings is 1. The van der Waals surface area contributed by atoms with Crippen molar-refractivity contribution in [1.29, 1.82) is 0 Å². The van der Waals surface area contributed by atoms with E-state index >= 15 is 0 Å². The lowest BCUT2D eigenvalue weighted by molar-refractivity contribution is -0.143. The molecule has 1 rings (SSSR count). The molecule has 0 saturated carbocycles. The largest absolute Gasteiger partial charge is 0.507 e. The molecule has 8 heteroatoms. The summed E-state index contributed by atoms with van der Waals surface area (Å²) in [5.74, 6) is -0.609. The van der Waals surface area contributed by atoms with Crippen molar-refractivity contribution in [3.05, 3.63) is 29.3 Å². The van der Waals surface area contributed by atoms with Crippen LogP contribution >= 0.6 is 0 Å². The van der Waals surface area contributed by atoms with Crippen molar-refractivity contribution < 1.29 is 24.2 Å². The Bertz CT molecular complexity index is 894. The molecule has 2 unspecified atom stereocenters. The summed E-state index contributed by atoms with van der Waals surface area (Å²) in [5.41, 5.74) is 0.283. The second kappa shape index (κ2) is 16.2. The third kappa shape index (κ3) is 11.3. The Hall–Kier alpha value is -2.77. The van der Waals surface area contributed by atoms with Crippen LogP contribution in [0, 0.1) is 12.8 Å². The van der Waals surface area contributed by atoms with Gasteiger partial charge >= 0.3 is 6.09 Å². The molecule has 3 N–H and O–H groups in total. The zero-order valence-corrected chi connectivity index (χ0v) is 24.9. The lowest BCUT2D eigenvalue weighted by atomic mass is 9.97. The number of amides is 3. The average Bonchev–Trinajstić information content (AvgIpc) is 2.81. The Labute approximate surface area is 229 Å².